The molecule has 0 radical (unpaired) electrons. The van der Waals surface area contributed by atoms with E-state index in [0.29, 0.717) is 22.2 Å². The van der Waals surface area contributed by atoms with Crippen molar-refractivity contribution in [1.29, 1.82) is 0 Å². The van der Waals surface area contributed by atoms with Crippen LogP contribution in [0.4, 0.5) is 5.13 Å². The number of anilines is 1. The first kappa shape index (κ1) is 18.9. The van der Waals surface area contributed by atoms with Crippen molar-refractivity contribution in [1.82, 2.24) is 24.4 Å². The van der Waals surface area contributed by atoms with Crippen LogP contribution in [0.15, 0.2) is 48.5 Å². The molecule has 1 N–H and O–H groups in total. The molecule has 0 atom stereocenters. The van der Waals surface area contributed by atoms with Crippen molar-refractivity contribution < 1.29 is 4.79 Å². The molecular formula is C21H20N6OS. The predicted octanol–water partition coefficient (Wildman–Crippen LogP) is 4.22. The van der Waals surface area contributed by atoms with E-state index in [4.69, 9.17) is 0 Å². The van der Waals surface area contributed by atoms with Crippen LogP contribution < -0.4 is 5.32 Å². The summed E-state index contributed by atoms with van der Waals surface area (Å²) in [5.74, 6) is 0.233. The lowest BCUT2D eigenvalue weighted by atomic mass is 10.1. The fourth-order valence-corrected chi connectivity index (χ4v) is 3.55. The molecule has 0 spiro atoms. The fourth-order valence-electron chi connectivity index (χ4n) is 2.98. The van der Waals surface area contributed by atoms with Gasteiger partial charge in [-0.05, 0) is 50.1 Å². The molecule has 0 aliphatic heterocycles. The maximum atomic E-state index is 12.4. The largest absolute Gasteiger partial charge is 0.297 e. The SMILES string of the molecule is CCc1ccc(-n2nnc(-c3nsc(NC(=O)c4cccc(C)c4)n3)c2C)cc1. The highest BCUT2D eigenvalue weighted by atomic mass is 32.1. The van der Waals surface area contributed by atoms with Gasteiger partial charge in [-0.15, -0.1) is 5.10 Å². The second-order valence-electron chi connectivity index (χ2n) is 6.70. The Labute approximate surface area is 172 Å². The van der Waals surface area contributed by atoms with Gasteiger partial charge < -0.3 is 0 Å². The van der Waals surface area contributed by atoms with E-state index in [-0.39, 0.29) is 5.91 Å². The molecule has 4 rings (SSSR count). The van der Waals surface area contributed by atoms with Crippen LogP contribution in [0.5, 0.6) is 0 Å². The number of carbonyl (C=O) groups excluding carboxylic acids is 1. The van der Waals surface area contributed by atoms with Gasteiger partial charge >= 0.3 is 0 Å². The van der Waals surface area contributed by atoms with E-state index in [0.717, 1.165) is 34.9 Å². The molecule has 8 heteroatoms. The summed E-state index contributed by atoms with van der Waals surface area (Å²) in [5, 5.41) is 11.7. The van der Waals surface area contributed by atoms with E-state index in [1.165, 1.54) is 5.56 Å². The number of hydrogen-bond acceptors (Lipinski definition) is 6. The predicted molar refractivity (Wildman–Crippen MR) is 114 cm³/mol. The summed E-state index contributed by atoms with van der Waals surface area (Å²) >= 11 is 1.12. The number of aromatic nitrogens is 5. The molecule has 2 heterocycles. The van der Waals surface area contributed by atoms with E-state index in [9.17, 15) is 4.79 Å². The Morgan fingerprint density at radius 3 is 2.66 bits per heavy atom. The number of aryl methyl sites for hydroxylation is 2. The van der Waals surface area contributed by atoms with Crippen molar-refractivity contribution in [3.05, 3.63) is 70.9 Å². The van der Waals surface area contributed by atoms with Gasteiger partial charge in [-0.1, -0.05) is 42.0 Å². The third-order valence-corrected chi connectivity index (χ3v) is 5.25. The average molecular weight is 404 g/mol. The minimum Gasteiger partial charge on any atom is -0.297 e. The molecule has 1 amide bonds. The number of nitrogens with one attached hydrogen (secondary N) is 1. The summed E-state index contributed by atoms with van der Waals surface area (Å²) in [6.45, 7) is 5.99. The topological polar surface area (TPSA) is 85.6 Å². The maximum Gasteiger partial charge on any atom is 0.257 e. The third-order valence-electron chi connectivity index (χ3n) is 4.62. The van der Waals surface area contributed by atoms with Gasteiger partial charge in [-0.25, -0.2) is 4.68 Å². The summed E-state index contributed by atoms with van der Waals surface area (Å²) in [4.78, 5) is 16.8. The van der Waals surface area contributed by atoms with Crippen molar-refractivity contribution in [2.45, 2.75) is 27.2 Å². The summed E-state index contributed by atoms with van der Waals surface area (Å²) < 4.78 is 6.11. The van der Waals surface area contributed by atoms with E-state index in [2.05, 4.69) is 44.0 Å². The lowest BCUT2D eigenvalue weighted by Crippen LogP contribution is -2.11. The molecule has 2 aromatic carbocycles. The number of nitrogens with zero attached hydrogens (tertiary/aromatic N) is 5. The van der Waals surface area contributed by atoms with Gasteiger partial charge in [0.1, 0.15) is 0 Å². The van der Waals surface area contributed by atoms with Crippen LogP contribution in [-0.2, 0) is 6.42 Å². The monoisotopic (exact) mass is 404 g/mol. The second kappa shape index (κ2) is 7.92. The molecule has 146 valence electrons. The molecule has 0 aliphatic carbocycles. The molecule has 0 fully saturated rings. The summed E-state index contributed by atoms with van der Waals surface area (Å²) in [5.41, 5.74) is 5.23. The van der Waals surface area contributed by atoms with Gasteiger partial charge in [0, 0.05) is 17.1 Å². The standard InChI is InChI=1S/C21H20N6OS/c1-4-15-8-10-17(11-9-15)27-14(3)18(24-26-27)19-22-21(29-25-19)23-20(28)16-7-5-6-13(2)12-16/h5-12H,4H2,1-3H3,(H,22,23,25,28). The molecule has 2 aromatic heterocycles. The molecule has 0 bridgehead atoms. The Morgan fingerprint density at radius 1 is 1.14 bits per heavy atom. The zero-order valence-electron chi connectivity index (χ0n) is 16.4. The van der Waals surface area contributed by atoms with E-state index >= 15 is 0 Å². The number of amides is 1. The minimum atomic E-state index is -0.215. The van der Waals surface area contributed by atoms with Crippen molar-refractivity contribution in [2.24, 2.45) is 0 Å². The molecule has 0 saturated heterocycles. The van der Waals surface area contributed by atoms with Gasteiger partial charge in [-0.3, -0.25) is 10.1 Å². The number of rotatable bonds is 5. The van der Waals surface area contributed by atoms with Crippen LogP contribution in [0.3, 0.4) is 0 Å². The van der Waals surface area contributed by atoms with E-state index in [1.54, 1.807) is 10.7 Å². The lowest BCUT2D eigenvalue weighted by Gasteiger charge is -2.04. The summed E-state index contributed by atoms with van der Waals surface area (Å²) in [6.07, 6.45) is 0.988. The molecule has 4 aromatic rings. The third kappa shape index (κ3) is 3.93. The first-order valence-corrected chi connectivity index (χ1v) is 10.1. The first-order chi connectivity index (χ1) is 14.0. The van der Waals surface area contributed by atoms with Crippen LogP contribution in [0.2, 0.25) is 0 Å². The first-order valence-electron chi connectivity index (χ1n) is 9.29. The van der Waals surface area contributed by atoms with Gasteiger partial charge in [0.2, 0.25) is 5.13 Å². The maximum absolute atomic E-state index is 12.4. The van der Waals surface area contributed by atoms with Gasteiger partial charge in [-0.2, -0.15) is 9.36 Å². The Kier molecular flexibility index (Phi) is 5.18. The highest BCUT2D eigenvalue weighted by molar-refractivity contribution is 7.10. The Morgan fingerprint density at radius 2 is 1.93 bits per heavy atom. The molecule has 0 unspecified atom stereocenters. The van der Waals surface area contributed by atoms with Gasteiger partial charge in [0.15, 0.2) is 11.5 Å². The molecule has 0 saturated carbocycles. The van der Waals surface area contributed by atoms with Crippen LogP contribution in [0.25, 0.3) is 17.2 Å². The van der Waals surface area contributed by atoms with Crippen molar-refractivity contribution >= 4 is 22.6 Å². The molecule has 7 nitrogen and oxygen atoms in total. The molecule has 0 aliphatic rings. The zero-order chi connectivity index (χ0) is 20.4. The van der Waals surface area contributed by atoms with E-state index < -0.39 is 0 Å². The number of hydrogen-bond donors (Lipinski definition) is 1. The van der Waals surface area contributed by atoms with Gasteiger partial charge in [0.05, 0.1) is 11.4 Å². The highest BCUT2D eigenvalue weighted by Gasteiger charge is 2.18. The highest BCUT2D eigenvalue weighted by Crippen LogP contribution is 2.24. The molecule has 29 heavy (non-hydrogen) atoms. The van der Waals surface area contributed by atoms with Crippen LogP contribution in [-0.4, -0.2) is 30.3 Å². The summed E-state index contributed by atoms with van der Waals surface area (Å²) in [7, 11) is 0. The van der Waals surface area contributed by atoms with Crippen LogP contribution in [0.1, 0.15) is 34.1 Å². The second-order valence-corrected chi connectivity index (χ2v) is 7.45. The number of carbonyl (C=O) groups is 1. The fraction of sp³-hybridized carbons (Fsp3) is 0.190. The van der Waals surface area contributed by atoms with Crippen LogP contribution >= 0.6 is 11.5 Å². The Bertz CT molecular complexity index is 1160. The number of benzene rings is 2. The summed E-state index contributed by atoms with van der Waals surface area (Å²) in [6, 6.07) is 15.6. The lowest BCUT2D eigenvalue weighted by molar-refractivity contribution is 0.102. The smallest absolute Gasteiger partial charge is 0.257 e. The normalized spacial score (nSPS) is 10.9. The Hall–Kier alpha value is -3.39. The van der Waals surface area contributed by atoms with E-state index in [1.807, 2.05) is 44.2 Å². The average Bonchev–Trinajstić information content (AvgIpc) is 3.34. The molecular weight excluding hydrogens is 384 g/mol. The zero-order valence-corrected chi connectivity index (χ0v) is 17.2. The van der Waals surface area contributed by atoms with Crippen molar-refractivity contribution in [3.63, 3.8) is 0 Å². The van der Waals surface area contributed by atoms with Crippen molar-refractivity contribution in [3.8, 4) is 17.2 Å². The Balaban J connectivity index is 1.55. The van der Waals surface area contributed by atoms with Crippen LogP contribution in [0, 0.1) is 13.8 Å². The quantitative estimate of drug-likeness (QED) is 0.538. The van der Waals surface area contributed by atoms with Crippen molar-refractivity contribution in [2.75, 3.05) is 5.32 Å². The van der Waals surface area contributed by atoms with Gasteiger partial charge in [0.25, 0.3) is 5.91 Å². The minimum absolute atomic E-state index is 0.215.